The summed E-state index contributed by atoms with van der Waals surface area (Å²) >= 11 is 0. The van der Waals surface area contributed by atoms with Crippen LogP contribution in [0.15, 0.2) is 0 Å². The molecule has 0 aliphatic rings. The fraction of sp³-hybridized carbons (Fsp3) is 0.980. The molecule has 0 fully saturated rings. The number of carbonyl (C=O) groups excluding carboxylic acids is 1. The van der Waals surface area contributed by atoms with Crippen LogP contribution in [0.2, 0.25) is 0 Å². The van der Waals surface area contributed by atoms with Gasteiger partial charge >= 0.3 is 13.8 Å². The van der Waals surface area contributed by atoms with Crippen LogP contribution in [0, 0.1) is 0 Å². The zero-order valence-corrected chi connectivity index (χ0v) is 39.2. The van der Waals surface area contributed by atoms with Crippen molar-refractivity contribution in [2.75, 3.05) is 19.8 Å². The van der Waals surface area contributed by atoms with Gasteiger partial charge in [-0.25, -0.2) is 4.57 Å². The number of rotatable bonds is 49. The molecule has 0 aromatic heterocycles. The summed E-state index contributed by atoms with van der Waals surface area (Å²) in [7, 11) is -4.65. The Bertz CT molecular complexity index is 835. The van der Waals surface area contributed by atoms with Crippen molar-refractivity contribution in [1.82, 2.24) is 0 Å². The lowest BCUT2D eigenvalue weighted by Crippen LogP contribution is -2.28. The number of unbranched alkanes of at least 4 members (excludes halogenated alkanes) is 39. The largest absolute Gasteiger partial charge is 0.469 e. The lowest BCUT2D eigenvalue weighted by molar-refractivity contribution is -0.154. The summed E-state index contributed by atoms with van der Waals surface area (Å²) in [5.41, 5.74) is 0. The molecule has 0 saturated carbocycles. The number of esters is 1. The van der Waals surface area contributed by atoms with Crippen LogP contribution in [-0.2, 0) is 23.4 Å². The van der Waals surface area contributed by atoms with Crippen LogP contribution in [0.1, 0.15) is 284 Å². The molecule has 0 aliphatic carbocycles. The normalized spacial score (nSPS) is 12.4. The lowest BCUT2D eigenvalue weighted by atomic mass is 10.0. The number of ether oxygens (including phenoxy) is 2. The molecule has 57 heavy (non-hydrogen) atoms. The maximum absolute atomic E-state index is 12.5. The van der Waals surface area contributed by atoms with Crippen molar-refractivity contribution >= 4 is 13.8 Å². The van der Waals surface area contributed by atoms with Gasteiger partial charge in [0.1, 0.15) is 6.10 Å². The van der Waals surface area contributed by atoms with Crippen molar-refractivity contribution < 1.29 is 33.1 Å². The van der Waals surface area contributed by atoms with Crippen molar-refractivity contribution in [2.24, 2.45) is 0 Å². The molecule has 0 spiro atoms. The van der Waals surface area contributed by atoms with E-state index in [1.165, 1.54) is 231 Å². The standard InChI is InChI=1S/C49H99O7P/c1-3-5-7-9-11-13-15-17-19-21-23-24-25-26-27-28-30-32-34-36-38-40-42-44-49(50)56-48(47-55-57(51,52)53)46-54-45-43-41-39-37-35-33-31-29-22-20-18-16-14-12-10-8-6-4-2/h48H,3-47H2,1-2H3,(H2,51,52,53)/t48-/m1/s1. The summed E-state index contributed by atoms with van der Waals surface area (Å²) < 4.78 is 27.1. The van der Waals surface area contributed by atoms with Crippen LogP contribution < -0.4 is 0 Å². The van der Waals surface area contributed by atoms with E-state index in [-0.39, 0.29) is 19.2 Å². The van der Waals surface area contributed by atoms with Gasteiger partial charge in [0.25, 0.3) is 0 Å². The highest BCUT2D eigenvalue weighted by atomic mass is 31.2. The highest BCUT2D eigenvalue weighted by Gasteiger charge is 2.21. The Kier molecular flexibility index (Phi) is 46.2. The molecule has 0 amide bonds. The van der Waals surface area contributed by atoms with E-state index in [9.17, 15) is 9.36 Å². The zero-order chi connectivity index (χ0) is 41.6. The molecular formula is C49H99O7P. The molecule has 0 aromatic carbocycles. The SMILES string of the molecule is CCCCCCCCCCCCCCCCCCCCCCCCCC(=O)O[C@H](COCCCCCCCCCCCCCCCCCCCC)COP(=O)(O)O. The summed E-state index contributed by atoms with van der Waals surface area (Å²) in [4.78, 5) is 30.8. The molecular weight excluding hydrogens is 732 g/mol. The second-order valence-electron chi connectivity index (χ2n) is 17.5. The van der Waals surface area contributed by atoms with Crippen molar-refractivity contribution in [2.45, 2.75) is 290 Å². The van der Waals surface area contributed by atoms with Gasteiger partial charge in [-0.3, -0.25) is 9.32 Å². The van der Waals surface area contributed by atoms with Crippen molar-refractivity contribution in [3.8, 4) is 0 Å². The summed E-state index contributed by atoms with van der Waals surface area (Å²) in [6, 6.07) is 0. The van der Waals surface area contributed by atoms with Crippen LogP contribution >= 0.6 is 7.82 Å². The van der Waals surface area contributed by atoms with Crippen LogP contribution in [0.25, 0.3) is 0 Å². The molecule has 0 unspecified atom stereocenters. The van der Waals surface area contributed by atoms with Crippen LogP contribution in [0.3, 0.4) is 0 Å². The minimum Gasteiger partial charge on any atom is -0.457 e. The molecule has 2 N–H and O–H groups in total. The third-order valence-corrected chi connectivity index (χ3v) is 12.1. The molecule has 1 atom stereocenters. The van der Waals surface area contributed by atoms with Gasteiger partial charge in [-0.1, -0.05) is 264 Å². The fourth-order valence-electron chi connectivity index (χ4n) is 7.92. The third kappa shape index (κ3) is 49.8. The quantitative estimate of drug-likeness (QED) is 0.0358. The Hall–Kier alpha value is -0.460. The predicted octanol–water partition coefficient (Wildman–Crippen LogP) is 16.4. The Morgan fingerprint density at radius 1 is 0.404 bits per heavy atom. The van der Waals surface area contributed by atoms with E-state index in [2.05, 4.69) is 18.4 Å². The molecule has 0 heterocycles. The number of hydrogen-bond donors (Lipinski definition) is 2. The first-order valence-corrected chi connectivity index (χ1v) is 26.9. The molecule has 0 rings (SSSR count). The first-order chi connectivity index (χ1) is 27.9. The van der Waals surface area contributed by atoms with Crippen LogP contribution in [-0.4, -0.2) is 41.7 Å². The third-order valence-electron chi connectivity index (χ3n) is 11.7. The van der Waals surface area contributed by atoms with Gasteiger partial charge < -0.3 is 19.3 Å². The Morgan fingerprint density at radius 3 is 0.947 bits per heavy atom. The van der Waals surface area contributed by atoms with E-state index in [4.69, 9.17) is 19.3 Å². The Balaban J connectivity index is 3.65. The number of carbonyl (C=O) groups is 1. The van der Waals surface area contributed by atoms with Crippen molar-refractivity contribution in [1.29, 1.82) is 0 Å². The first kappa shape index (κ1) is 56.5. The Morgan fingerprint density at radius 2 is 0.667 bits per heavy atom. The second-order valence-corrected chi connectivity index (χ2v) is 18.8. The monoisotopic (exact) mass is 831 g/mol. The summed E-state index contributed by atoms with van der Waals surface area (Å²) in [5, 5.41) is 0. The van der Waals surface area contributed by atoms with Gasteiger partial charge in [-0.15, -0.1) is 0 Å². The smallest absolute Gasteiger partial charge is 0.457 e. The Labute approximate surface area is 355 Å². The molecule has 7 nitrogen and oxygen atoms in total. The first-order valence-electron chi connectivity index (χ1n) is 25.4. The lowest BCUT2D eigenvalue weighted by Gasteiger charge is -2.18. The highest BCUT2D eigenvalue weighted by molar-refractivity contribution is 7.46. The van der Waals surface area contributed by atoms with Crippen molar-refractivity contribution in [3.63, 3.8) is 0 Å². The van der Waals surface area contributed by atoms with Gasteiger partial charge in [0.2, 0.25) is 0 Å². The average molecular weight is 831 g/mol. The van der Waals surface area contributed by atoms with E-state index in [0.29, 0.717) is 13.0 Å². The number of phosphoric acid groups is 1. The van der Waals surface area contributed by atoms with E-state index < -0.39 is 13.9 Å². The van der Waals surface area contributed by atoms with Crippen molar-refractivity contribution in [3.05, 3.63) is 0 Å². The van der Waals surface area contributed by atoms with E-state index in [1.54, 1.807) is 0 Å². The average Bonchev–Trinajstić information content (AvgIpc) is 3.19. The molecule has 8 heteroatoms. The number of phosphoric ester groups is 1. The van der Waals surface area contributed by atoms with Crippen LogP contribution in [0.5, 0.6) is 0 Å². The van der Waals surface area contributed by atoms with E-state index in [1.807, 2.05) is 0 Å². The summed E-state index contributed by atoms with van der Waals surface area (Å²) in [6.07, 6.45) is 54.1. The molecule has 0 aromatic rings. The second kappa shape index (κ2) is 46.6. The minimum absolute atomic E-state index is 0.0874. The molecule has 0 aliphatic heterocycles. The molecule has 0 saturated heterocycles. The molecule has 342 valence electrons. The topological polar surface area (TPSA) is 102 Å². The zero-order valence-electron chi connectivity index (χ0n) is 38.3. The summed E-state index contributed by atoms with van der Waals surface area (Å²) in [5.74, 6) is -0.352. The fourth-order valence-corrected chi connectivity index (χ4v) is 8.28. The maximum Gasteiger partial charge on any atom is 0.469 e. The molecule has 0 bridgehead atoms. The van der Waals surface area contributed by atoms with E-state index >= 15 is 0 Å². The van der Waals surface area contributed by atoms with Gasteiger partial charge in [-0.2, -0.15) is 0 Å². The van der Waals surface area contributed by atoms with Crippen LogP contribution in [0.4, 0.5) is 0 Å². The van der Waals surface area contributed by atoms with E-state index in [0.717, 1.165) is 32.1 Å². The predicted molar refractivity (Wildman–Crippen MR) is 244 cm³/mol. The summed E-state index contributed by atoms with van der Waals surface area (Å²) in [6.45, 7) is 4.83. The highest BCUT2D eigenvalue weighted by Crippen LogP contribution is 2.36. The van der Waals surface area contributed by atoms with Gasteiger partial charge in [0.05, 0.1) is 13.2 Å². The van der Waals surface area contributed by atoms with Gasteiger partial charge in [-0.05, 0) is 12.8 Å². The van der Waals surface area contributed by atoms with Gasteiger partial charge in [0.15, 0.2) is 0 Å². The van der Waals surface area contributed by atoms with Gasteiger partial charge in [0, 0.05) is 13.0 Å². The number of hydrogen-bond acceptors (Lipinski definition) is 5. The maximum atomic E-state index is 12.5. The molecule has 0 radical (unpaired) electrons. The minimum atomic E-state index is -4.65.